The molecule has 6 heteroatoms. The highest BCUT2D eigenvalue weighted by Crippen LogP contribution is 2.31. The highest BCUT2D eigenvalue weighted by Gasteiger charge is 2.31. The summed E-state index contributed by atoms with van der Waals surface area (Å²) in [7, 11) is 3.01. The third-order valence-electron chi connectivity index (χ3n) is 3.80. The number of methoxy groups -OCH3 is 2. The minimum absolute atomic E-state index is 0.311. The van der Waals surface area contributed by atoms with Gasteiger partial charge in [0.2, 0.25) is 11.8 Å². The van der Waals surface area contributed by atoms with Crippen molar-refractivity contribution >= 4 is 5.97 Å². The van der Waals surface area contributed by atoms with Crippen molar-refractivity contribution in [2.45, 2.75) is 31.7 Å². The summed E-state index contributed by atoms with van der Waals surface area (Å²) in [5.74, 6) is -0.149. The predicted molar refractivity (Wildman–Crippen MR) is 77.8 cm³/mol. The standard InChI is InChI=1S/C15H22N2O4/c1-20-12-8-7-11(14(16-12)21-2)13(15(18)19)17-9-5-3-4-6-10-17/h7-8,13H,3-6,9-10H2,1-2H3,(H,18,19)/t13-/m0/s1. The summed E-state index contributed by atoms with van der Waals surface area (Å²) in [6.07, 6.45) is 4.35. The number of carbonyl (C=O) groups is 1. The monoisotopic (exact) mass is 294 g/mol. The van der Waals surface area contributed by atoms with Crippen LogP contribution >= 0.6 is 0 Å². The molecule has 116 valence electrons. The number of carboxylic acids is 1. The van der Waals surface area contributed by atoms with Gasteiger partial charge in [0.1, 0.15) is 6.04 Å². The molecule has 1 aromatic rings. The Balaban J connectivity index is 2.35. The van der Waals surface area contributed by atoms with Crippen molar-refractivity contribution in [2.75, 3.05) is 27.3 Å². The van der Waals surface area contributed by atoms with Crippen LogP contribution in [0.4, 0.5) is 0 Å². The molecule has 0 radical (unpaired) electrons. The van der Waals surface area contributed by atoms with Crippen molar-refractivity contribution in [2.24, 2.45) is 0 Å². The van der Waals surface area contributed by atoms with E-state index in [9.17, 15) is 9.90 Å². The summed E-state index contributed by atoms with van der Waals surface area (Å²) in [5.41, 5.74) is 0.577. The average molecular weight is 294 g/mol. The van der Waals surface area contributed by atoms with Crippen molar-refractivity contribution in [3.8, 4) is 11.8 Å². The Bertz CT molecular complexity index is 485. The molecule has 2 rings (SSSR count). The Kier molecular flexibility index (Phi) is 5.38. The average Bonchev–Trinajstić information content (AvgIpc) is 2.76. The van der Waals surface area contributed by atoms with Gasteiger partial charge in [-0.2, -0.15) is 4.98 Å². The van der Waals surface area contributed by atoms with E-state index in [1.807, 2.05) is 4.90 Å². The van der Waals surface area contributed by atoms with Crippen molar-refractivity contribution in [3.63, 3.8) is 0 Å². The minimum atomic E-state index is -0.873. The molecule has 1 aromatic heterocycles. The van der Waals surface area contributed by atoms with Gasteiger partial charge < -0.3 is 14.6 Å². The van der Waals surface area contributed by atoms with Crippen LogP contribution in [-0.2, 0) is 4.79 Å². The van der Waals surface area contributed by atoms with Gasteiger partial charge in [-0.25, -0.2) is 0 Å². The lowest BCUT2D eigenvalue weighted by Gasteiger charge is -2.28. The molecule has 0 saturated carbocycles. The summed E-state index contributed by atoms with van der Waals surface area (Å²) < 4.78 is 10.3. The van der Waals surface area contributed by atoms with Crippen LogP contribution in [0, 0.1) is 0 Å². The Hall–Kier alpha value is -1.82. The quantitative estimate of drug-likeness (QED) is 0.896. The van der Waals surface area contributed by atoms with Gasteiger partial charge in [-0.3, -0.25) is 9.69 Å². The van der Waals surface area contributed by atoms with E-state index in [1.165, 1.54) is 14.2 Å². The number of aromatic nitrogens is 1. The van der Waals surface area contributed by atoms with Gasteiger partial charge >= 0.3 is 5.97 Å². The van der Waals surface area contributed by atoms with Gasteiger partial charge in [0.15, 0.2) is 0 Å². The second kappa shape index (κ2) is 7.26. The van der Waals surface area contributed by atoms with E-state index in [0.717, 1.165) is 38.8 Å². The second-order valence-electron chi connectivity index (χ2n) is 5.14. The highest BCUT2D eigenvalue weighted by molar-refractivity contribution is 5.76. The van der Waals surface area contributed by atoms with Crippen LogP contribution in [0.3, 0.4) is 0 Å². The zero-order valence-corrected chi connectivity index (χ0v) is 12.5. The van der Waals surface area contributed by atoms with Gasteiger partial charge in [-0.05, 0) is 32.0 Å². The van der Waals surface area contributed by atoms with Crippen LogP contribution in [0.15, 0.2) is 12.1 Å². The van der Waals surface area contributed by atoms with Crippen LogP contribution in [0.25, 0.3) is 0 Å². The van der Waals surface area contributed by atoms with Gasteiger partial charge in [0.25, 0.3) is 0 Å². The first-order chi connectivity index (χ1) is 10.2. The summed E-state index contributed by atoms with van der Waals surface area (Å²) in [5, 5.41) is 9.66. The molecular formula is C15H22N2O4. The van der Waals surface area contributed by atoms with E-state index >= 15 is 0 Å². The maximum Gasteiger partial charge on any atom is 0.325 e. The number of aliphatic carboxylic acids is 1. The molecule has 6 nitrogen and oxygen atoms in total. The molecule has 1 aliphatic heterocycles. The maximum atomic E-state index is 11.8. The molecule has 1 fully saturated rings. The normalized spacial score (nSPS) is 17.8. The molecule has 0 aliphatic carbocycles. The summed E-state index contributed by atoms with van der Waals surface area (Å²) in [6.45, 7) is 1.57. The number of pyridine rings is 1. The molecule has 0 spiro atoms. The zero-order valence-electron chi connectivity index (χ0n) is 12.5. The zero-order chi connectivity index (χ0) is 15.2. The molecule has 1 aliphatic rings. The third kappa shape index (κ3) is 3.64. The number of hydrogen-bond acceptors (Lipinski definition) is 5. The van der Waals surface area contributed by atoms with Crippen LogP contribution in [0.5, 0.6) is 11.8 Å². The first-order valence-electron chi connectivity index (χ1n) is 7.23. The number of ether oxygens (including phenoxy) is 2. The Morgan fingerprint density at radius 1 is 1.19 bits per heavy atom. The van der Waals surface area contributed by atoms with E-state index in [0.29, 0.717) is 17.3 Å². The van der Waals surface area contributed by atoms with Crippen LogP contribution in [0.1, 0.15) is 37.3 Å². The molecule has 0 unspecified atom stereocenters. The van der Waals surface area contributed by atoms with Gasteiger partial charge in [0, 0.05) is 11.6 Å². The number of carboxylic acid groups (broad SMARTS) is 1. The van der Waals surface area contributed by atoms with Gasteiger partial charge in [-0.1, -0.05) is 12.8 Å². The molecule has 1 atom stereocenters. The molecule has 0 amide bonds. The second-order valence-corrected chi connectivity index (χ2v) is 5.14. The fraction of sp³-hybridized carbons (Fsp3) is 0.600. The van der Waals surface area contributed by atoms with Crippen LogP contribution < -0.4 is 9.47 Å². The third-order valence-corrected chi connectivity index (χ3v) is 3.80. The van der Waals surface area contributed by atoms with Crippen LogP contribution in [-0.4, -0.2) is 48.3 Å². The lowest BCUT2D eigenvalue weighted by Crippen LogP contribution is -2.35. The Labute approximate surface area is 124 Å². The number of rotatable bonds is 5. The Morgan fingerprint density at radius 3 is 2.38 bits per heavy atom. The lowest BCUT2D eigenvalue weighted by atomic mass is 10.1. The number of likely N-dealkylation sites (tertiary alicyclic amines) is 1. The van der Waals surface area contributed by atoms with E-state index in [2.05, 4.69) is 4.98 Å². The lowest BCUT2D eigenvalue weighted by molar-refractivity contribution is -0.143. The van der Waals surface area contributed by atoms with Crippen molar-refractivity contribution < 1.29 is 19.4 Å². The Morgan fingerprint density at radius 2 is 1.86 bits per heavy atom. The summed E-state index contributed by atoms with van der Waals surface area (Å²) >= 11 is 0. The molecule has 2 heterocycles. The topological polar surface area (TPSA) is 71.9 Å². The SMILES string of the molecule is COc1ccc([C@@H](C(=O)O)N2CCCCCC2)c(OC)n1. The number of hydrogen-bond donors (Lipinski definition) is 1. The van der Waals surface area contributed by atoms with E-state index < -0.39 is 12.0 Å². The van der Waals surface area contributed by atoms with Crippen molar-refractivity contribution in [1.29, 1.82) is 0 Å². The highest BCUT2D eigenvalue weighted by atomic mass is 16.5. The van der Waals surface area contributed by atoms with Crippen molar-refractivity contribution in [1.82, 2.24) is 9.88 Å². The number of nitrogens with zero attached hydrogens (tertiary/aromatic N) is 2. The molecule has 0 aromatic carbocycles. The summed E-state index contributed by atoms with van der Waals surface area (Å²) in [6, 6.07) is 2.68. The first kappa shape index (κ1) is 15.6. The molecule has 0 bridgehead atoms. The van der Waals surface area contributed by atoms with Gasteiger partial charge in [0.05, 0.1) is 14.2 Å². The fourth-order valence-corrected chi connectivity index (χ4v) is 2.76. The van der Waals surface area contributed by atoms with Crippen molar-refractivity contribution in [3.05, 3.63) is 17.7 Å². The van der Waals surface area contributed by atoms with E-state index in [1.54, 1.807) is 12.1 Å². The van der Waals surface area contributed by atoms with Crippen LogP contribution in [0.2, 0.25) is 0 Å². The summed E-state index contributed by atoms with van der Waals surface area (Å²) in [4.78, 5) is 18.0. The fourth-order valence-electron chi connectivity index (χ4n) is 2.76. The first-order valence-corrected chi connectivity index (χ1v) is 7.23. The predicted octanol–water partition coefficient (Wildman–Crippen LogP) is 2.10. The van der Waals surface area contributed by atoms with E-state index in [4.69, 9.17) is 9.47 Å². The molecule has 21 heavy (non-hydrogen) atoms. The van der Waals surface area contributed by atoms with Gasteiger partial charge in [-0.15, -0.1) is 0 Å². The molecule has 1 N–H and O–H groups in total. The smallest absolute Gasteiger partial charge is 0.325 e. The largest absolute Gasteiger partial charge is 0.481 e. The minimum Gasteiger partial charge on any atom is -0.481 e. The molecular weight excluding hydrogens is 272 g/mol. The molecule has 1 saturated heterocycles. The maximum absolute atomic E-state index is 11.8. The van der Waals surface area contributed by atoms with E-state index in [-0.39, 0.29) is 0 Å².